The summed E-state index contributed by atoms with van der Waals surface area (Å²) in [5, 5.41) is 0. The van der Waals surface area contributed by atoms with Gasteiger partial charge >= 0.3 is 11.9 Å². The van der Waals surface area contributed by atoms with Gasteiger partial charge in [0.2, 0.25) is 0 Å². The minimum Gasteiger partial charge on any atom is -0.466 e. The molecule has 0 aliphatic rings. The van der Waals surface area contributed by atoms with Crippen LogP contribution in [-0.2, 0) is 25.7 Å². The number of hydrogen-bond acceptors (Lipinski definition) is 4. The quantitative estimate of drug-likeness (QED) is 0.451. The summed E-state index contributed by atoms with van der Waals surface area (Å²) in [4.78, 5) is 23.5. The molecule has 0 amide bonds. The molecule has 1 aromatic carbocycles. The fourth-order valence-corrected chi connectivity index (χ4v) is 2.47. The first-order valence-corrected chi connectivity index (χ1v) is 8.53. The molecule has 0 saturated heterocycles. The number of carbonyl (C=O) groups excluding carboxylic acids is 2. The first-order chi connectivity index (χ1) is 11.2. The maximum Gasteiger partial charge on any atom is 0.309 e. The van der Waals surface area contributed by atoms with Crippen LogP contribution >= 0.6 is 0 Å². The summed E-state index contributed by atoms with van der Waals surface area (Å²) < 4.78 is 10.3. The molecule has 0 N–H and O–H groups in total. The van der Waals surface area contributed by atoms with E-state index in [0.29, 0.717) is 19.6 Å². The fourth-order valence-electron chi connectivity index (χ4n) is 2.47. The van der Waals surface area contributed by atoms with E-state index in [1.54, 1.807) is 6.92 Å². The molecule has 0 heterocycles. The SMILES string of the molecule is CCCC(CCCCC(=O)OCC)C(=O)OCc1ccccc1. The van der Waals surface area contributed by atoms with Crippen molar-refractivity contribution < 1.29 is 19.1 Å². The second-order valence-electron chi connectivity index (χ2n) is 5.63. The normalized spacial score (nSPS) is 11.7. The zero-order valence-corrected chi connectivity index (χ0v) is 14.3. The van der Waals surface area contributed by atoms with Crippen LogP contribution in [0.25, 0.3) is 0 Å². The summed E-state index contributed by atoms with van der Waals surface area (Å²) in [6.07, 6.45) is 4.55. The number of ether oxygens (including phenoxy) is 2. The minimum atomic E-state index is -0.161. The highest BCUT2D eigenvalue weighted by atomic mass is 16.5. The predicted octanol–water partition coefficient (Wildman–Crippen LogP) is 4.27. The summed E-state index contributed by atoms with van der Waals surface area (Å²) >= 11 is 0. The van der Waals surface area contributed by atoms with Crippen LogP contribution in [0.15, 0.2) is 30.3 Å². The van der Waals surface area contributed by atoms with Gasteiger partial charge in [0.05, 0.1) is 12.5 Å². The van der Waals surface area contributed by atoms with Crippen LogP contribution in [0.3, 0.4) is 0 Å². The third-order valence-corrected chi connectivity index (χ3v) is 3.68. The van der Waals surface area contributed by atoms with Crippen molar-refractivity contribution in [2.45, 2.75) is 59.0 Å². The third kappa shape index (κ3) is 8.38. The number of hydrogen-bond donors (Lipinski definition) is 0. The van der Waals surface area contributed by atoms with Crippen molar-refractivity contribution in [3.05, 3.63) is 35.9 Å². The van der Waals surface area contributed by atoms with Gasteiger partial charge in [-0.05, 0) is 31.7 Å². The van der Waals surface area contributed by atoms with Crippen LogP contribution in [0.4, 0.5) is 0 Å². The van der Waals surface area contributed by atoms with Crippen molar-refractivity contribution in [2.24, 2.45) is 5.92 Å². The summed E-state index contributed by atoms with van der Waals surface area (Å²) in [5.74, 6) is -0.371. The molecule has 1 atom stereocenters. The lowest BCUT2D eigenvalue weighted by atomic mass is 9.96. The molecule has 0 aliphatic heterocycles. The van der Waals surface area contributed by atoms with E-state index >= 15 is 0 Å². The van der Waals surface area contributed by atoms with E-state index in [9.17, 15) is 9.59 Å². The molecular formula is C19H28O4. The molecule has 4 heteroatoms. The van der Waals surface area contributed by atoms with Crippen molar-refractivity contribution in [3.63, 3.8) is 0 Å². The Morgan fingerprint density at radius 1 is 1.00 bits per heavy atom. The van der Waals surface area contributed by atoms with Crippen molar-refractivity contribution in [1.82, 2.24) is 0 Å². The van der Waals surface area contributed by atoms with Crippen LogP contribution in [0, 0.1) is 5.92 Å². The number of benzene rings is 1. The molecule has 23 heavy (non-hydrogen) atoms. The standard InChI is InChI=1S/C19H28O4/c1-3-10-17(13-8-9-14-18(20)22-4-2)19(21)23-15-16-11-6-5-7-12-16/h5-7,11-12,17H,3-4,8-10,13-15H2,1-2H3. The van der Waals surface area contributed by atoms with Gasteiger partial charge in [0, 0.05) is 6.42 Å². The Labute approximate surface area is 139 Å². The summed E-state index contributed by atoms with van der Waals surface area (Å²) in [6.45, 7) is 4.61. The van der Waals surface area contributed by atoms with E-state index in [0.717, 1.165) is 37.7 Å². The van der Waals surface area contributed by atoms with Crippen LogP contribution in [-0.4, -0.2) is 18.5 Å². The average Bonchev–Trinajstić information content (AvgIpc) is 2.56. The molecule has 0 saturated carbocycles. The topological polar surface area (TPSA) is 52.6 Å². The number of carbonyl (C=O) groups is 2. The Morgan fingerprint density at radius 2 is 1.74 bits per heavy atom. The second-order valence-corrected chi connectivity index (χ2v) is 5.63. The van der Waals surface area contributed by atoms with Gasteiger partial charge in [-0.25, -0.2) is 0 Å². The second kappa shape index (κ2) is 11.7. The maximum atomic E-state index is 12.2. The highest BCUT2D eigenvalue weighted by molar-refractivity contribution is 5.72. The number of rotatable bonds is 11. The van der Waals surface area contributed by atoms with Crippen molar-refractivity contribution in [2.75, 3.05) is 6.61 Å². The summed E-state index contributed by atoms with van der Waals surface area (Å²) in [7, 11) is 0. The Kier molecular flexibility index (Phi) is 9.76. The van der Waals surface area contributed by atoms with Crippen molar-refractivity contribution >= 4 is 11.9 Å². The van der Waals surface area contributed by atoms with Crippen LogP contribution in [0.2, 0.25) is 0 Å². The van der Waals surface area contributed by atoms with E-state index in [2.05, 4.69) is 6.92 Å². The molecule has 128 valence electrons. The molecule has 0 fully saturated rings. The van der Waals surface area contributed by atoms with Gasteiger partial charge in [0.1, 0.15) is 6.61 Å². The molecular weight excluding hydrogens is 292 g/mol. The van der Waals surface area contributed by atoms with Crippen LogP contribution < -0.4 is 0 Å². The lowest BCUT2D eigenvalue weighted by molar-refractivity contribution is -0.150. The molecule has 1 unspecified atom stereocenters. The van der Waals surface area contributed by atoms with Gasteiger partial charge in [0.25, 0.3) is 0 Å². The third-order valence-electron chi connectivity index (χ3n) is 3.68. The van der Waals surface area contributed by atoms with E-state index in [4.69, 9.17) is 9.47 Å². The molecule has 1 rings (SSSR count). The number of esters is 2. The Morgan fingerprint density at radius 3 is 2.39 bits per heavy atom. The fraction of sp³-hybridized carbons (Fsp3) is 0.579. The van der Waals surface area contributed by atoms with Crippen molar-refractivity contribution in [3.8, 4) is 0 Å². The van der Waals surface area contributed by atoms with Gasteiger partial charge in [-0.15, -0.1) is 0 Å². The van der Waals surface area contributed by atoms with E-state index in [1.807, 2.05) is 30.3 Å². The predicted molar refractivity (Wildman–Crippen MR) is 89.7 cm³/mol. The highest BCUT2D eigenvalue weighted by Gasteiger charge is 2.19. The van der Waals surface area contributed by atoms with Gasteiger partial charge < -0.3 is 9.47 Å². The molecule has 0 radical (unpaired) electrons. The van der Waals surface area contributed by atoms with Crippen LogP contribution in [0.1, 0.15) is 57.9 Å². The van der Waals surface area contributed by atoms with Gasteiger partial charge in [-0.3, -0.25) is 9.59 Å². The Bertz CT molecular complexity index is 456. The molecule has 4 nitrogen and oxygen atoms in total. The molecule has 0 aromatic heterocycles. The largest absolute Gasteiger partial charge is 0.466 e. The zero-order chi connectivity index (χ0) is 16.9. The first-order valence-electron chi connectivity index (χ1n) is 8.53. The van der Waals surface area contributed by atoms with Gasteiger partial charge in [-0.2, -0.15) is 0 Å². The molecule has 0 spiro atoms. The maximum absolute atomic E-state index is 12.2. The lowest BCUT2D eigenvalue weighted by Gasteiger charge is -2.15. The van der Waals surface area contributed by atoms with Gasteiger partial charge in [0.15, 0.2) is 0 Å². The summed E-state index contributed by atoms with van der Waals surface area (Å²) in [5.41, 5.74) is 0.999. The monoisotopic (exact) mass is 320 g/mol. The van der Waals surface area contributed by atoms with Crippen LogP contribution in [0.5, 0.6) is 0 Å². The Balaban J connectivity index is 2.32. The highest BCUT2D eigenvalue weighted by Crippen LogP contribution is 2.18. The van der Waals surface area contributed by atoms with E-state index < -0.39 is 0 Å². The Hall–Kier alpha value is -1.84. The lowest BCUT2D eigenvalue weighted by Crippen LogP contribution is -2.18. The molecule has 0 aliphatic carbocycles. The van der Waals surface area contributed by atoms with Crippen molar-refractivity contribution in [1.29, 1.82) is 0 Å². The first kappa shape index (κ1) is 19.2. The van der Waals surface area contributed by atoms with E-state index in [-0.39, 0.29) is 17.9 Å². The number of unbranched alkanes of at least 4 members (excludes halogenated alkanes) is 1. The van der Waals surface area contributed by atoms with Gasteiger partial charge in [-0.1, -0.05) is 50.1 Å². The molecule has 1 aromatic rings. The van der Waals surface area contributed by atoms with E-state index in [1.165, 1.54) is 0 Å². The smallest absolute Gasteiger partial charge is 0.309 e. The summed E-state index contributed by atoms with van der Waals surface area (Å²) in [6, 6.07) is 9.70. The average molecular weight is 320 g/mol. The zero-order valence-electron chi connectivity index (χ0n) is 14.3. The molecule has 0 bridgehead atoms. The minimum absolute atomic E-state index is 0.0779.